The van der Waals surface area contributed by atoms with Crippen LogP contribution in [0.4, 0.5) is 0 Å². The number of nitrogens with one attached hydrogen (secondary N) is 3. The van der Waals surface area contributed by atoms with Crippen LogP contribution in [0.3, 0.4) is 0 Å². The average molecular weight is 503 g/mol. The van der Waals surface area contributed by atoms with Gasteiger partial charge in [-0.2, -0.15) is 0 Å². The molecule has 7 nitrogen and oxygen atoms in total. The van der Waals surface area contributed by atoms with Gasteiger partial charge in [0.2, 0.25) is 5.91 Å². The van der Waals surface area contributed by atoms with Crippen LogP contribution in [0.1, 0.15) is 25.3 Å². The second-order valence-electron chi connectivity index (χ2n) is 6.95. The van der Waals surface area contributed by atoms with Gasteiger partial charge in [0.25, 0.3) is 0 Å². The third kappa shape index (κ3) is 9.59. The lowest BCUT2D eigenvalue weighted by Gasteiger charge is -2.14. The highest BCUT2D eigenvalue weighted by atomic mass is 127. The van der Waals surface area contributed by atoms with E-state index in [0.717, 1.165) is 43.2 Å². The largest absolute Gasteiger partial charge is 0.492 e. The molecule has 0 saturated heterocycles. The quantitative estimate of drug-likeness (QED) is 0.186. The summed E-state index contributed by atoms with van der Waals surface area (Å²) < 4.78 is 5.89. The van der Waals surface area contributed by atoms with Crippen molar-refractivity contribution in [1.82, 2.24) is 20.9 Å². The number of aliphatic imine (C=N–C) groups is 1. The van der Waals surface area contributed by atoms with Crippen LogP contribution in [-0.4, -0.2) is 63.6 Å². The highest BCUT2D eigenvalue weighted by Crippen LogP contribution is 2.28. The number of benzene rings is 1. The summed E-state index contributed by atoms with van der Waals surface area (Å²) in [6, 6.07) is 7.99. The summed E-state index contributed by atoms with van der Waals surface area (Å²) in [5.74, 6) is 2.02. The summed E-state index contributed by atoms with van der Waals surface area (Å²) in [5, 5.41) is 9.44. The van der Waals surface area contributed by atoms with Crippen molar-refractivity contribution < 1.29 is 9.53 Å². The number of guanidine groups is 1. The zero-order valence-electron chi connectivity index (χ0n) is 17.2. The average Bonchev–Trinajstić information content (AvgIpc) is 3.49. The number of para-hydroxylation sites is 1. The van der Waals surface area contributed by atoms with Crippen LogP contribution in [-0.2, 0) is 11.3 Å². The predicted octanol–water partition coefficient (Wildman–Crippen LogP) is 1.83. The van der Waals surface area contributed by atoms with Crippen LogP contribution in [0.15, 0.2) is 29.3 Å². The molecule has 0 atom stereocenters. The van der Waals surface area contributed by atoms with Gasteiger partial charge in [0.1, 0.15) is 12.4 Å². The van der Waals surface area contributed by atoms with Crippen molar-refractivity contribution in [3.8, 4) is 5.75 Å². The summed E-state index contributed by atoms with van der Waals surface area (Å²) in [4.78, 5) is 18.4. The lowest BCUT2D eigenvalue weighted by atomic mass is 10.2. The maximum absolute atomic E-state index is 11.7. The zero-order chi connectivity index (χ0) is 19.5. The van der Waals surface area contributed by atoms with Gasteiger partial charge in [-0.05, 0) is 39.9 Å². The van der Waals surface area contributed by atoms with E-state index in [9.17, 15) is 4.79 Å². The zero-order valence-corrected chi connectivity index (χ0v) is 19.5. The van der Waals surface area contributed by atoms with E-state index in [-0.39, 0.29) is 35.8 Å². The van der Waals surface area contributed by atoms with Gasteiger partial charge in [-0.3, -0.25) is 4.79 Å². The molecule has 1 saturated carbocycles. The molecule has 2 rings (SSSR count). The van der Waals surface area contributed by atoms with Crippen molar-refractivity contribution in [2.24, 2.45) is 10.9 Å². The first-order valence-electron chi connectivity index (χ1n) is 9.75. The Labute approximate surface area is 185 Å². The molecule has 0 aliphatic heterocycles. The van der Waals surface area contributed by atoms with E-state index < -0.39 is 0 Å². The number of hydrogen-bond donors (Lipinski definition) is 3. The number of carbonyl (C=O) groups excluding carboxylic acids is 1. The maximum Gasteiger partial charge on any atom is 0.223 e. The standard InChI is InChI=1S/C20H33N5O2.HI/c1-4-21-20(23-12-11-22-19(26)16-9-10-16)24-15-17-7-5-6-8-18(17)27-14-13-25(2)3;/h5-8,16H,4,9-15H2,1-3H3,(H,22,26)(H2,21,23,24);1H. The molecule has 0 unspecified atom stereocenters. The summed E-state index contributed by atoms with van der Waals surface area (Å²) >= 11 is 0. The van der Waals surface area contributed by atoms with E-state index in [0.29, 0.717) is 26.2 Å². The minimum Gasteiger partial charge on any atom is -0.492 e. The molecule has 1 aliphatic carbocycles. The lowest BCUT2D eigenvalue weighted by molar-refractivity contribution is -0.122. The fraction of sp³-hybridized carbons (Fsp3) is 0.600. The number of nitrogens with zero attached hydrogens (tertiary/aromatic N) is 2. The molecule has 3 N–H and O–H groups in total. The summed E-state index contributed by atoms with van der Waals surface area (Å²) in [5.41, 5.74) is 1.05. The van der Waals surface area contributed by atoms with Gasteiger partial charge in [-0.25, -0.2) is 4.99 Å². The van der Waals surface area contributed by atoms with Gasteiger partial charge in [0.05, 0.1) is 6.54 Å². The molecule has 1 aromatic carbocycles. The fourth-order valence-corrected chi connectivity index (χ4v) is 2.48. The van der Waals surface area contributed by atoms with Crippen LogP contribution in [0, 0.1) is 5.92 Å². The number of ether oxygens (including phenoxy) is 1. The van der Waals surface area contributed by atoms with Crippen LogP contribution >= 0.6 is 24.0 Å². The number of halogens is 1. The first kappa shape index (κ1) is 24.5. The van der Waals surface area contributed by atoms with Crippen molar-refractivity contribution in [2.45, 2.75) is 26.3 Å². The molecule has 1 aliphatic rings. The Bertz CT molecular complexity index is 620. The smallest absolute Gasteiger partial charge is 0.223 e. The van der Waals surface area contributed by atoms with E-state index in [4.69, 9.17) is 4.74 Å². The monoisotopic (exact) mass is 503 g/mol. The van der Waals surface area contributed by atoms with Crippen molar-refractivity contribution in [3.63, 3.8) is 0 Å². The second-order valence-corrected chi connectivity index (χ2v) is 6.95. The highest BCUT2D eigenvalue weighted by molar-refractivity contribution is 14.0. The van der Waals surface area contributed by atoms with Crippen LogP contribution in [0.2, 0.25) is 0 Å². The number of carbonyl (C=O) groups is 1. The maximum atomic E-state index is 11.7. The second kappa shape index (κ2) is 13.6. The molecule has 0 radical (unpaired) electrons. The first-order chi connectivity index (χ1) is 13.1. The molecule has 0 heterocycles. The Morgan fingerprint density at radius 3 is 2.57 bits per heavy atom. The van der Waals surface area contributed by atoms with Crippen molar-refractivity contribution in [3.05, 3.63) is 29.8 Å². The summed E-state index contributed by atoms with van der Waals surface area (Å²) in [7, 11) is 4.06. The molecule has 0 aromatic heterocycles. The van der Waals surface area contributed by atoms with Gasteiger partial charge in [-0.1, -0.05) is 18.2 Å². The minimum atomic E-state index is 0. The Hall–Kier alpha value is -1.55. The van der Waals surface area contributed by atoms with E-state index >= 15 is 0 Å². The van der Waals surface area contributed by atoms with E-state index in [1.807, 2.05) is 45.3 Å². The molecule has 0 spiro atoms. The highest BCUT2D eigenvalue weighted by Gasteiger charge is 2.28. The van der Waals surface area contributed by atoms with Gasteiger partial charge >= 0.3 is 0 Å². The number of likely N-dealkylation sites (N-methyl/N-ethyl adjacent to an activating group) is 1. The van der Waals surface area contributed by atoms with Crippen LogP contribution in [0.5, 0.6) is 5.75 Å². The molecular formula is C20H34IN5O2. The first-order valence-corrected chi connectivity index (χ1v) is 9.75. The molecule has 28 heavy (non-hydrogen) atoms. The Morgan fingerprint density at radius 2 is 1.89 bits per heavy atom. The topological polar surface area (TPSA) is 78.0 Å². The number of hydrogen-bond acceptors (Lipinski definition) is 4. The summed E-state index contributed by atoms with van der Waals surface area (Å²) in [6.07, 6.45) is 2.05. The van der Waals surface area contributed by atoms with Gasteiger partial charge in [0, 0.05) is 37.7 Å². The normalized spacial score (nSPS) is 13.6. The molecule has 1 fully saturated rings. The molecule has 8 heteroatoms. The molecular weight excluding hydrogens is 469 g/mol. The lowest BCUT2D eigenvalue weighted by Crippen LogP contribution is -2.41. The van der Waals surface area contributed by atoms with E-state index in [1.165, 1.54) is 0 Å². The van der Waals surface area contributed by atoms with Gasteiger partial charge in [0.15, 0.2) is 5.96 Å². The van der Waals surface area contributed by atoms with E-state index in [1.54, 1.807) is 0 Å². The molecule has 0 bridgehead atoms. The Kier molecular flexibility index (Phi) is 11.9. The van der Waals surface area contributed by atoms with Crippen molar-refractivity contribution >= 4 is 35.8 Å². The molecule has 158 valence electrons. The third-order valence-electron chi connectivity index (χ3n) is 4.19. The SMILES string of the molecule is CCNC(=NCc1ccccc1OCCN(C)C)NCCNC(=O)C1CC1.I. The van der Waals surface area contributed by atoms with Crippen LogP contribution < -0.4 is 20.7 Å². The summed E-state index contributed by atoms with van der Waals surface area (Å²) in [6.45, 7) is 6.10. The van der Waals surface area contributed by atoms with Crippen LogP contribution in [0.25, 0.3) is 0 Å². The predicted molar refractivity (Wildman–Crippen MR) is 124 cm³/mol. The third-order valence-corrected chi connectivity index (χ3v) is 4.19. The minimum absolute atomic E-state index is 0. The Balaban J connectivity index is 0.00000392. The molecule has 1 aromatic rings. The molecule has 1 amide bonds. The van der Waals surface area contributed by atoms with Crippen molar-refractivity contribution in [2.75, 3.05) is 46.9 Å². The van der Waals surface area contributed by atoms with Gasteiger partial charge < -0.3 is 25.6 Å². The Morgan fingerprint density at radius 1 is 1.18 bits per heavy atom. The van der Waals surface area contributed by atoms with Gasteiger partial charge in [-0.15, -0.1) is 24.0 Å². The fourth-order valence-electron chi connectivity index (χ4n) is 2.48. The number of rotatable bonds is 11. The van der Waals surface area contributed by atoms with E-state index in [2.05, 4.69) is 25.8 Å². The number of amides is 1. The van der Waals surface area contributed by atoms with Crippen molar-refractivity contribution in [1.29, 1.82) is 0 Å².